The largest absolute Gasteiger partial charge is 0.311 e. The zero-order chi connectivity index (χ0) is 14.3. The molecule has 0 heterocycles. The lowest BCUT2D eigenvalue weighted by Gasteiger charge is -2.26. The summed E-state index contributed by atoms with van der Waals surface area (Å²) in [6.45, 7) is 9.43. The van der Waals surface area contributed by atoms with Crippen molar-refractivity contribution in [1.82, 2.24) is 5.32 Å². The Balaban J connectivity index is 2.71. The molecule has 19 heavy (non-hydrogen) atoms. The van der Waals surface area contributed by atoms with Crippen LogP contribution in [0.3, 0.4) is 0 Å². The maximum absolute atomic E-state index is 13.9. The molecule has 1 rings (SSSR count). The number of nitrogens with one attached hydrogen (secondary N) is 1. The monoisotopic (exact) mass is 283 g/mol. The minimum Gasteiger partial charge on any atom is -0.311 e. The van der Waals surface area contributed by atoms with E-state index in [0.29, 0.717) is 0 Å². The van der Waals surface area contributed by atoms with Crippen LogP contribution in [0.5, 0.6) is 0 Å². The average Bonchev–Trinajstić information content (AvgIpc) is 2.33. The van der Waals surface area contributed by atoms with Gasteiger partial charge in [0.1, 0.15) is 5.82 Å². The Kier molecular flexibility index (Phi) is 6.87. The normalized spacial score (nSPS) is 13.5. The van der Waals surface area contributed by atoms with Crippen LogP contribution in [0.4, 0.5) is 4.39 Å². The molecule has 1 aromatic rings. The minimum atomic E-state index is -0.0790. The van der Waals surface area contributed by atoms with Gasteiger partial charge in [0, 0.05) is 18.0 Å². The van der Waals surface area contributed by atoms with Crippen molar-refractivity contribution in [3.63, 3.8) is 0 Å². The maximum Gasteiger partial charge on any atom is 0.126 e. The fraction of sp³-hybridized carbons (Fsp3) is 0.625. The van der Waals surface area contributed by atoms with Crippen molar-refractivity contribution in [2.45, 2.75) is 45.6 Å². The second kappa shape index (κ2) is 7.91. The van der Waals surface area contributed by atoms with E-state index >= 15 is 0 Å². The van der Waals surface area contributed by atoms with Gasteiger partial charge in [-0.15, -0.1) is 0 Å². The maximum atomic E-state index is 13.9. The third-order valence-corrected chi connectivity index (χ3v) is 3.97. The molecule has 0 saturated carbocycles. The first kappa shape index (κ1) is 16.5. The molecule has 3 heteroatoms. The average molecular weight is 283 g/mol. The van der Waals surface area contributed by atoms with Gasteiger partial charge in [-0.1, -0.05) is 25.1 Å². The fourth-order valence-electron chi connectivity index (χ4n) is 1.97. The van der Waals surface area contributed by atoms with Crippen molar-refractivity contribution < 1.29 is 4.39 Å². The molecule has 1 N–H and O–H groups in total. The topological polar surface area (TPSA) is 12.0 Å². The lowest BCUT2D eigenvalue weighted by atomic mass is 9.94. The molecule has 0 radical (unpaired) electrons. The van der Waals surface area contributed by atoms with Gasteiger partial charge in [0.15, 0.2) is 0 Å². The number of benzene rings is 1. The molecular weight excluding hydrogens is 257 g/mol. The number of halogens is 1. The van der Waals surface area contributed by atoms with Crippen LogP contribution in [0.25, 0.3) is 0 Å². The summed E-state index contributed by atoms with van der Waals surface area (Å²) >= 11 is 1.92. The molecule has 0 aromatic heterocycles. The molecular formula is C16H26FNS. The van der Waals surface area contributed by atoms with Gasteiger partial charge in [0.25, 0.3) is 0 Å². The number of thioether (sulfide) groups is 1. The minimum absolute atomic E-state index is 0.0708. The Hall–Kier alpha value is -0.540. The summed E-state index contributed by atoms with van der Waals surface area (Å²) in [5.41, 5.74) is 0.914. The zero-order valence-electron chi connectivity index (χ0n) is 12.5. The van der Waals surface area contributed by atoms with Crippen LogP contribution in [0.1, 0.15) is 45.6 Å². The van der Waals surface area contributed by atoms with Gasteiger partial charge in [0.05, 0.1) is 0 Å². The molecule has 108 valence electrons. The third-order valence-electron chi connectivity index (χ3n) is 3.04. The van der Waals surface area contributed by atoms with E-state index in [1.165, 1.54) is 0 Å². The van der Waals surface area contributed by atoms with Gasteiger partial charge >= 0.3 is 0 Å². The Morgan fingerprint density at radius 2 is 1.95 bits per heavy atom. The van der Waals surface area contributed by atoms with E-state index in [9.17, 15) is 4.39 Å². The van der Waals surface area contributed by atoms with Crippen molar-refractivity contribution in [1.29, 1.82) is 0 Å². The van der Waals surface area contributed by atoms with E-state index in [0.717, 1.165) is 30.0 Å². The molecule has 1 nitrogen and oxygen atoms in total. The van der Waals surface area contributed by atoms with Crippen LogP contribution >= 0.6 is 11.8 Å². The second-order valence-corrected chi connectivity index (χ2v) is 7.23. The Morgan fingerprint density at radius 3 is 2.53 bits per heavy atom. The first-order valence-electron chi connectivity index (χ1n) is 7.01. The van der Waals surface area contributed by atoms with Crippen LogP contribution in [0.2, 0.25) is 0 Å². The van der Waals surface area contributed by atoms with Crippen LogP contribution in [-0.2, 0) is 0 Å². The summed E-state index contributed by atoms with van der Waals surface area (Å²) in [5, 5.41) is 3.50. The van der Waals surface area contributed by atoms with E-state index in [-0.39, 0.29) is 17.3 Å². The van der Waals surface area contributed by atoms with Crippen LogP contribution in [0.15, 0.2) is 24.3 Å². The first-order valence-corrected chi connectivity index (χ1v) is 8.16. The predicted octanol–water partition coefficient (Wildman–Crippen LogP) is 4.44. The van der Waals surface area contributed by atoms with Crippen molar-refractivity contribution >= 4 is 11.8 Å². The van der Waals surface area contributed by atoms with Crippen LogP contribution in [0, 0.1) is 5.82 Å². The van der Waals surface area contributed by atoms with E-state index in [2.05, 4.69) is 33.0 Å². The molecule has 1 atom stereocenters. The van der Waals surface area contributed by atoms with Crippen molar-refractivity contribution in [3.05, 3.63) is 35.6 Å². The standard InChI is InChI=1S/C16H26FNS/c1-5-19-11-10-13(12-18-16(2,3)4)14-8-6-7-9-15(14)17/h6-9,13,18H,5,10-12H2,1-4H3. The predicted molar refractivity (Wildman–Crippen MR) is 84.5 cm³/mol. The zero-order valence-corrected chi connectivity index (χ0v) is 13.3. The Labute approximate surface area is 121 Å². The SMILES string of the molecule is CCSCCC(CNC(C)(C)C)c1ccccc1F. The molecule has 0 aliphatic rings. The molecule has 0 spiro atoms. The van der Waals surface area contributed by atoms with Crippen molar-refractivity contribution in [3.8, 4) is 0 Å². The van der Waals surface area contributed by atoms with Gasteiger partial charge in [-0.2, -0.15) is 11.8 Å². The van der Waals surface area contributed by atoms with Gasteiger partial charge in [-0.3, -0.25) is 0 Å². The Bertz CT molecular complexity index is 373. The van der Waals surface area contributed by atoms with Gasteiger partial charge in [-0.25, -0.2) is 4.39 Å². The van der Waals surface area contributed by atoms with Gasteiger partial charge < -0.3 is 5.32 Å². The van der Waals surface area contributed by atoms with E-state index < -0.39 is 0 Å². The number of hydrogen-bond donors (Lipinski definition) is 1. The molecule has 0 amide bonds. The van der Waals surface area contributed by atoms with E-state index in [1.54, 1.807) is 12.1 Å². The molecule has 1 aromatic carbocycles. The quantitative estimate of drug-likeness (QED) is 0.742. The highest BCUT2D eigenvalue weighted by molar-refractivity contribution is 7.99. The highest BCUT2D eigenvalue weighted by Crippen LogP contribution is 2.24. The summed E-state index contributed by atoms with van der Waals surface area (Å²) < 4.78 is 13.9. The third kappa shape index (κ3) is 6.44. The fourth-order valence-corrected chi connectivity index (χ4v) is 2.71. The molecule has 1 unspecified atom stereocenters. The Morgan fingerprint density at radius 1 is 1.26 bits per heavy atom. The molecule has 0 aliphatic heterocycles. The van der Waals surface area contributed by atoms with E-state index in [4.69, 9.17) is 0 Å². The highest BCUT2D eigenvalue weighted by atomic mass is 32.2. The van der Waals surface area contributed by atoms with E-state index in [1.807, 2.05) is 23.9 Å². The first-order chi connectivity index (χ1) is 8.94. The van der Waals surface area contributed by atoms with Crippen LogP contribution in [-0.4, -0.2) is 23.6 Å². The summed E-state index contributed by atoms with van der Waals surface area (Å²) in [6, 6.07) is 7.16. The summed E-state index contributed by atoms with van der Waals surface area (Å²) in [7, 11) is 0. The lowest BCUT2D eigenvalue weighted by molar-refractivity contribution is 0.399. The molecule has 0 bridgehead atoms. The highest BCUT2D eigenvalue weighted by Gasteiger charge is 2.18. The van der Waals surface area contributed by atoms with Crippen LogP contribution < -0.4 is 5.32 Å². The number of hydrogen-bond acceptors (Lipinski definition) is 2. The molecule has 0 fully saturated rings. The van der Waals surface area contributed by atoms with Crippen molar-refractivity contribution in [2.75, 3.05) is 18.1 Å². The summed E-state index contributed by atoms with van der Waals surface area (Å²) in [4.78, 5) is 0. The lowest BCUT2D eigenvalue weighted by Crippen LogP contribution is -2.38. The summed E-state index contributed by atoms with van der Waals surface area (Å²) in [6.07, 6.45) is 1.02. The smallest absolute Gasteiger partial charge is 0.126 e. The second-order valence-electron chi connectivity index (χ2n) is 5.83. The van der Waals surface area contributed by atoms with Crippen molar-refractivity contribution in [2.24, 2.45) is 0 Å². The molecule has 0 saturated heterocycles. The summed E-state index contributed by atoms with van der Waals surface area (Å²) in [5.74, 6) is 2.38. The number of rotatable bonds is 7. The molecule has 0 aliphatic carbocycles. The van der Waals surface area contributed by atoms with Gasteiger partial charge in [0.2, 0.25) is 0 Å². The van der Waals surface area contributed by atoms with Gasteiger partial charge in [-0.05, 0) is 50.3 Å².